The van der Waals surface area contributed by atoms with Gasteiger partial charge in [-0.1, -0.05) is 33.3 Å². The highest BCUT2D eigenvalue weighted by Crippen LogP contribution is 2.28. The van der Waals surface area contributed by atoms with Gasteiger partial charge in [-0.25, -0.2) is 4.98 Å². The quantitative estimate of drug-likeness (QED) is 0.735. The zero-order valence-corrected chi connectivity index (χ0v) is 13.6. The van der Waals surface area contributed by atoms with Crippen LogP contribution in [0.4, 0.5) is 5.13 Å². The first-order valence-electron chi connectivity index (χ1n) is 6.30. The van der Waals surface area contributed by atoms with E-state index in [1.165, 1.54) is 17.4 Å². The molecule has 0 unspecified atom stereocenters. The van der Waals surface area contributed by atoms with E-state index in [4.69, 9.17) is 5.73 Å². The molecule has 3 rings (SSSR count). The van der Waals surface area contributed by atoms with Crippen molar-refractivity contribution in [3.8, 4) is 0 Å². The number of nitrogens with two attached hydrogens (primary N) is 1. The molecule has 0 aliphatic carbocycles. The Balaban J connectivity index is 1.86. The van der Waals surface area contributed by atoms with Gasteiger partial charge in [0.15, 0.2) is 5.13 Å². The van der Waals surface area contributed by atoms with Crippen molar-refractivity contribution < 1.29 is 9.59 Å². The molecule has 0 aliphatic rings. The van der Waals surface area contributed by atoms with Crippen LogP contribution < -0.4 is 11.1 Å². The summed E-state index contributed by atoms with van der Waals surface area (Å²) in [6, 6.07) is 12.0. The second kappa shape index (κ2) is 5.86. The van der Waals surface area contributed by atoms with Crippen LogP contribution in [-0.2, 0) is 0 Å². The van der Waals surface area contributed by atoms with Crippen LogP contribution in [0.1, 0.15) is 20.7 Å². The molecular weight excluding hydrogens is 366 g/mol. The number of halogens is 1. The summed E-state index contributed by atoms with van der Waals surface area (Å²) in [6.07, 6.45) is 0. The van der Waals surface area contributed by atoms with Gasteiger partial charge >= 0.3 is 0 Å². The van der Waals surface area contributed by atoms with Crippen LogP contribution in [0.15, 0.2) is 46.9 Å². The number of benzene rings is 2. The van der Waals surface area contributed by atoms with Crippen LogP contribution in [0.25, 0.3) is 10.2 Å². The van der Waals surface area contributed by atoms with Crippen molar-refractivity contribution >= 4 is 54.4 Å². The average molecular weight is 376 g/mol. The fourth-order valence-corrected chi connectivity index (χ4v) is 3.13. The summed E-state index contributed by atoms with van der Waals surface area (Å²) in [6.45, 7) is 0. The van der Waals surface area contributed by atoms with Crippen LogP contribution in [-0.4, -0.2) is 16.8 Å². The summed E-state index contributed by atoms with van der Waals surface area (Å²) in [5, 5.41) is 3.24. The lowest BCUT2D eigenvalue weighted by Gasteiger charge is -2.02. The smallest absolute Gasteiger partial charge is 0.257 e. The summed E-state index contributed by atoms with van der Waals surface area (Å²) < 4.78 is 1.90. The third-order valence-electron chi connectivity index (χ3n) is 2.98. The van der Waals surface area contributed by atoms with Gasteiger partial charge in [0.05, 0.1) is 10.2 Å². The van der Waals surface area contributed by atoms with Crippen LogP contribution >= 0.6 is 27.3 Å². The Morgan fingerprint density at radius 3 is 2.68 bits per heavy atom. The van der Waals surface area contributed by atoms with E-state index in [-0.39, 0.29) is 5.91 Å². The number of hydrogen-bond acceptors (Lipinski definition) is 4. The summed E-state index contributed by atoms with van der Waals surface area (Å²) in [4.78, 5) is 27.7. The lowest BCUT2D eigenvalue weighted by molar-refractivity contribution is 0.1000. The van der Waals surface area contributed by atoms with Gasteiger partial charge in [-0.2, -0.15) is 0 Å². The fraction of sp³-hybridized carbons (Fsp3) is 0. The van der Waals surface area contributed by atoms with Crippen molar-refractivity contribution in [2.75, 3.05) is 5.32 Å². The van der Waals surface area contributed by atoms with E-state index < -0.39 is 5.91 Å². The molecule has 3 N–H and O–H groups in total. The third kappa shape index (κ3) is 3.00. The van der Waals surface area contributed by atoms with Gasteiger partial charge in [-0.15, -0.1) is 0 Å². The van der Waals surface area contributed by atoms with E-state index in [9.17, 15) is 9.59 Å². The normalized spacial score (nSPS) is 10.6. The zero-order valence-electron chi connectivity index (χ0n) is 11.2. The van der Waals surface area contributed by atoms with Gasteiger partial charge in [0.2, 0.25) is 5.91 Å². The standard InChI is InChI=1S/C15H10BrN3O2S/c16-10-4-5-12-11(7-10)18-15(22-12)19-14(21)9-3-1-2-8(6-9)13(17)20/h1-7H,(H2,17,20)(H,18,19,21). The Bertz CT molecular complexity index is 891. The molecule has 110 valence electrons. The Labute approximate surface area is 138 Å². The predicted molar refractivity (Wildman–Crippen MR) is 90.2 cm³/mol. The van der Waals surface area contributed by atoms with Crippen molar-refractivity contribution in [2.24, 2.45) is 5.73 Å². The Morgan fingerprint density at radius 2 is 1.91 bits per heavy atom. The molecule has 1 heterocycles. The molecule has 2 aromatic carbocycles. The number of nitrogens with one attached hydrogen (secondary N) is 1. The Morgan fingerprint density at radius 1 is 1.14 bits per heavy atom. The summed E-state index contributed by atoms with van der Waals surface area (Å²) in [7, 11) is 0. The number of aromatic nitrogens is 1. The highest BCUT2D eigenvalue weighted by atomic mass is 79.9. The minimum absolute atomic E-state index is 0.292. The van der Waals surface area contributed by atoms with Gasteiger partial charge in [0.1, 0.15) is 0 Å². The number of primary amides is 1. The maximum Gasteiger partial charge on any atom is 0.257 e. The number of fused-ring (bicyclic) bond motifs is 1. The molecule has 0 atom stereocenters. The molecule has 0 spiro atoms. The van der Waals surface area contributed by atoms with Crippen molar-refractivity contribution in [1.82, 2.24) is 4.98 Å². The first kappa shape index (κ1) is 14.7. The number of thiazole rings is 1. The molecule has 7 heteroatoms. The number of carbonyl (C=O) groups excluding carboxylic acids is 2. The number of carbonyl (C=O) groups is 2. The molecule has 0 aliphatic heterocycles. The van der Waals surface area contributed by atoms with E-state index >= 15 is 0 Å². The molecule has 2 amide bonds. The molecule has 0 bridgehead atoms. The molecule has 0 saturated heterocycles. The number of hydrogen-bond donors (Lipinski definition) is 2. The zero-order chi connectivity index (χ0) is 15.7. The molecule has 22 heavy (non-hydrogen) atoms. The SMILES string of the molecule is NC(=O)c1cccc(C(=O)Nc2nc3cc(Br)ccc3s2)c1. The van der Waals surface area contributed by atoms with Gasteiger partial charge in [-0.3, -0.25) is 14.9 Å². The molecule has 5 nitrogen and oxygen atoms in total. The first-order valence-corrected chi connectivity index (χ1v) is 7.91. The number of rotatable bonds is 3. The topological polar surface area (TPSA) is 85.1 Å². The van der Waals surface area contributed by atoms with Crippen molar-refractivity contribution in [3.05, 3.63) is 58.1 Å². The second-order valence-electron chi connectivity index (χ2n) is 4.53. The number of amides is 2. The van der Waals surface area contributed by atoms with Crippen molar-refractivity contribution in [3.63, 3.8) is 0 Å². The van der Waals surface area contributed by atoms with E-state index in [0.29, 0.717) is 16.3 Å². The monoisotopic (exact) mass is 375 g/mol. The average Bonchev–Trinajstić information content (AvgIpc) is 2.88. The second-order valence-corrected chi connectivity index (χ2v) is 6.48. The van der Waals surface area contributed by atoms with E-state index in [1.54, 1.807) is 18.2 Å². The van der Waals surface area contributed by atoms with Gasteiger partial charge in [-0.05, 0) is 36.4 Å². The van der Waals surface area contributed by atoms with Crippen LogP contribution in [0, 0.1) is 0 Å². The molecule has 0 saturated carbocycles. The molecule has 0 radical (unpaired) electrons. The highest BCUT2D eigenvalue weighted by Gasteiger charge is 2.11. The summed E-state index contributed by atoms with van der Waals surface area (Å²) >= 11 is 4.77. The van der Waals surface area contributed by atoms with Gasteiger partial charge in [0.25, 0.3) is 5.91 Å². The number of nitrogens with zero attached hydrogens (tertiary/aromatic N) is 1. The number of anilines is 1. The molecule has 1 aromatic heterocycles. The molecule has 0 fully saturated rings. The minimum atomic E-state index is -0.570. The lowest BCUT2D eigenvalue weighted by atomic mass is 10.1. The van der Waals surface area contributed by atoms with Crippen molar-refractivity contribution in [1.29, 1.82) is 0 Å². The Hall–Kier alpha value is -2.25. The largest absolute Gasteiger partial charge is 0.366 e. The van der Waals surface area contributed by atoms with Crippen LogP contribution in [0.2, 0.25) is 0 Å². The maximum absolute atomic E-state index is 12.2. The predicted octanol–water partition coefficient (Wildman–Crippen LogP) is 3.41. The minimum Gasteiger partial charge on any atom is -0.366 e. The van der Waals surface area contributed by atoms with Crippen molar-refractivity contribution in [2.45, 2.75) is 0 Å². The van der Waals surface area contributed by atoms with E-state index in [0.717, 1.165) is 14.7 Å². The fourth-order valence-electron chi connectivity index (χ4n) is 1.94. The van der Waals surface area contributed by atoms with E-state index in [2.05, 4.69) is 26.2 Å². The summed E-state index contributed by atoms with van der Waals surface area (Å²) in [5.74, 6) is -0.902. The Kier molecular flexibility index (Phi) is 3.91. The highest BCUT2D eigenvalue weighted by molar-refractivity contribution is 9.10. The maximum atomic E-state index is 12.2. The van der Waals surface area contributed by atoms with Gasteiger partial charge < -0.3 is 5.73 Å². The summed E-state index contributed by atoms with van der Waals surface area (Å²) in [5.41, 5.74) is 6.67. The molecule has 3 aromatic rings. The van der Waals surface area contributed by atoms with Gasteiger partial charge in [0, 0.05) is 15.6 Å². The van der Waals surface area contributed by atoms with Crippen LogP contribution in [0.3, 0.4) is 0 Å². The molecular formula is C15H10BrN3O2S. The lowest BCUT2D eigenvalue weighted by Crippen LogP contribution is -2.15. The van der Waals surface area contributed by atoms with E-state index in [1.807, 2.05) is 18.2 Å². The third-order valence-corrected chi connectivity index (χ3v) is 4.42. The first-order chi connectivity index (χ1) is 10.5. The van der Waals surface area contributed by atoms with Crippen LogP contribution in [0.5, 0.6) is 0 Å².